The van der Waals surface area contributed by atoms with Crippen LogP contribution in [0.3, 0.4) is 0 Å². The van der Waals surface area contributed by atoms with Crippen molar-refractivity contribution in [2.24, 2.45) is 0 Å². The Morgan fingerprint density at radius 2 is 1.75 bits per heavy atom. The minimum Gasteiger partial charge on any atom is -0.466 e. The topological polar surface area (TPSA) is 52.6 Å². The molecule has 0 bridgehead atoms. The Bertz CT molecular complexity index is 466. The zero-order valence-corrected chi connectivity index (χ0v) is 12.4. The minimum absolute atomic E-state index is 0.248. The molecule has 0 heterocycles. The van der Waals surface area contributed by atoms with E-state index in [4.69, 9.17) is 9.47 Å². The van der Waals surface area contributed by atoms with E-state index in [2.05, 4.69) is 0 Å². The summed E-state index contributed by atoms with van der Waals surface area (Å²) in [6.45, 7) is 6.30. The Morgan fingerprint density at radius 1 is 1.05 bits per heavy atom. The first kappa shape index (κ1) is 16.2. The molecular formula is C16H22O4. The molecule has 0 unspecified atom stereocenters. The molecule has 0 aliphatic rings. The summed E-state index contributed by atoms with van der Waals surface area (Å²) < 4.78 is 9.97. The highest BCUT2D eigenvalue weighted by Crippen LogP contribution is 2.16. The lowest BCUT2D eigenvalue weighted by atomic mass is 9.99. The van der Waals surface area contributed by atoms with Gasteiger partial charge in [0.25, 0.3) is 0 Å². The number of hydrogen-bond donors (Lipinski definition) is 0. The van der Waals surface area contributed by atoms with E-state index in [1.165, 1.54) is 0 Å². The van der Waals surface area contributed by atoms with Crippen molar-refractivity contribution < 1.29 is 19.1 Å². The molecule has 0 N–H and O–H groups in total. The second-order valence-electron chi connectivity index (χ2n) is 4.37. The Labute approximate surface area is 120 Å². The number of esters is 2. The Hall–Kier alpha value is -1.84. The standard InChI is InChI=1S/C16H22O4/c1-4-12-7-8-13(9-10-15(17)19-5-2)14(11-12)16(18)20-6-3/h7-8,11H,4-6,9-10H2,1-3H3. The fourth-order valence-electron chi connectivity index (χ4n) is 1.93. The maximum Gasteiger partial charge on any atom is 0.338 e. The molecule has 0 saturated carbocycles. The molecule has 4 heteroatoms. The number of carbonyl (C=O) groups is 2. The van der Waals surface area contributed by atoms with Gasteiger partial charge in [-0.3, -0.25) is 4.79 Å². The minimum atomic E-state index is -0.332. The third kappa shape index (κ3) is 4.68. The zero-order chi connectivity index (χ0) is 15.0. The van der Waals surface area contributed by atoms with Crippen molar-refractivity contribution in [1.29, 1.82) is 0 Å². The summed E-state index contributed by atoms with van der Waals surface area (Å²) in [6, 6.07) is 5.71. The van der Waals surface area contributed by atoms with Crippen molar-refractivity contribution in [2.75, 3.05) is 13.2 Å². The fraction of sp³-hybridized carbons (Fsp3) is 0.500. The number of hydrogen-bond acceptors (Lipinski definition) is 4. The van der Waals surface area contributed by atoms with Crippen molar-refractivity contribution in [3.8, 4) is 0 Å². The van der Waals surface area contributed by atoms with Crippen LogP contribution in [0.4, 0.5) is 0 Å². The summed E-state index contributed by atoms with van der Waals surface area (Å²) in [7, 11) is 0. The fourth-order valence-corrected chi connectivity index (χ4v) is 1.93. The van der Waals surface area contributed by atoms with Crippen LogP contribution in [0.2, 0.25) is 0 Å². The van der Waals surface area contributed by atoms with Crippen LogP contribution in [0, 0.1) is 0 Å². The number of benzene rings is 1. The smallest absolute Gasteiger partial charge is 0.338 e. The van der Waals surface area contributed by atoms with Gasteiger partial charge in [-0.1, -0.05) is 19.1 Å². The molecule has 0 atom stereocenters. The Kier molecular flexibility index (Phi) is 6.77. The molecule has 0 radical (unpaired) electrons. The van der Waals surface area contributed by atoms with E-state index in [-0.39, 0.29) is 18.4 Å². The average molecular weight is 278 g/mol. The Balaban J connectivity index is 2.88. The number of ether oxygens (including phenoxy) is 2. The summed E-state index contributed by atoms with van der Waals surface area (Å²) >= 11 is 0. The summed E-state index contributed by atoms with van der Waals surface area (Å²) in [5, 5.41) is 0. The second kappa shape index (κ2) is 8.35. The largest absolute Gasteiger partial charge is 0.466 e. The van der Waals surface area contributed by atoms with Gasteiger partial charge >= 0.3 is 11.9 Å². The van der Waals surface area contributed by atoms with E-state index >= 15 is 0 Å². The maximum atomic E-state index is 12.0. The van der Waals surface area contributed by atoms with Crippen molar-refractivity contribution in [2.45, 2.75) is 40.0 Å². The third-order valence-electron chi connectivity index (χ3n) is 2.98. The maximum absolute atomic E-state index is 12.0. The first-order valence-electron chi connectivity index (χ1n) is 7.06. The molecule has 0 aliphatic carbocycles. The number of aryl methyl sites for hydroxylation is 2. The quantitative estimate of drug-likeness (QED) is 0.720. The number of rotatable bonds is 7. The highest BCUT2D eigenvalue weighted by atomic mass is 16.5. The highest BCUT2D eigenvalue weighted by Gasteiger charge is 2.14. The van der Waals surface area contributed by atoms with Gasteiger partial charge in [-0.2, -0.15) is 0 Å². The van der Waals surface area contributed by atoms with Crippen LogP contribution >= 0.6 is 0 Å². The molecule has 0 aromatic heterocycles. The SMILES string of the molecule is CCOC(=O)CCc1ccc(CC)cc1C(=O)OCC. The lowest BCUT2D eigenvalue weighted by Crippen LogP contribution is -2.11. The van der Waals surface area contributed by atoms with Crippen LogP contribution in [0.1, 0.15) is 48.7 Å². The first-order chi connectivity index (χ1) is 9.62. The first-order valence-corrected chi connectivity index (χ1v) is 7.06. The molecular weight excluding hydrogens is 256 g/mol. The van der Waals surface area contributed by atoms with Crippen molar-refractivity contribution in [3.63, 3.8) is 0 Å². The summed E-state index contributed by atoms with van der Waals surface area (Å²) in [5.41, 5.74) is 2.46. The molecule has 4 nitrogen and oxygen atoms in total. The van der Waals surface area contributed by atoms with E-state index in [1.807, 2.05) is 25.1 Å². The summed E-state index contributed by atoms with van der Waals surface area (Å²) in [4.78, 5) is 23.4. The van der Waals surface area contributed by atoms with Crippen LogP contribution in [0.25, 0.3) is 0 Å². The van der Waals surface area contributed by atoms with Crippen LogP contribution in [-0.2, 0) is 27.1 Å². The molecule has 1 aromatic rings. The van der Waals surface area contributed by atoms with E-state index in [0.717, 1.165) is 17.5 Å². The molecule has 0 aliphatic heterocycles. The molecule has 20 heavy (non-hydrogen) atoms. The van der Waals surface area contributed by atoms with Crippen LogP contribution < -0.4 is 0 Å². The summed E-state index contributed by atoms with van der Waals surface area (Å²) in [5.74, 6) is -0.580. The van der Waals surface area contributed by atoms with Crippen LogP contribution in [-0.4, -0.2) is 25.2 Å². The van der Waals surface area contributed by atoms with Crippen LogP contribution in [0.15, 0.2) is 18.2 Å². The normalized spacial score (nSPS) is 10.2. The molecule has 1 rings (SSSR count). The van der Waals surface area contributed by atoms with Gasteiger partial charge in [-0.15, -0.1) is 0 Å². The van der Waals surface area contributed by atoms with E-state index < -0.39 is 0 Å². The van der Waals surface area contributed by atoms with Crippen LogP contribution in [0.5, 0.6) is 0 Å². The molecule has 0 fully saturated rings. The summed E-state index contributed by atoms with van der Waals surface area (Å²) in [6.07, 6.45) is 1.60. The van der Waals surface area contributed by atoms with Gasteiger partial charge in [0.05, 0.1) is 18.8 Å². The molecule has 110 valence electrons. The monoisotopic (exact) mass is 278 g/mol. The van der Waals surface area contributed by atoms with Gasteiger partial charge in [0, 0.05) is 6.42 Å². The van der Waals surface area contributed by atoms with Gasteiger partial charge in [-0.25, -0.2) is 4.79 Å². The zero-order valence-electron chi connectivity index (χ0n) is 12.4. The average Bonchev–Trinajstić information content (AvgIpc) is 2.45. The molecule has 0 amide bonds. The third-order valence-corrected chi connectivity index (χ3v) is 2.98. The Morgan fingerprint density at radius 3 is 2.35 bits per heavy atom. The molecule has 1 aromatic carbocycles. The van der Waals surface area contributed by atoms with Gasteiger partial charge in [-0.05, 0) is 43.9 Å². The van der Waals surface area contributed by atoms with Gasteiger partial charge < -0.3 is 9.47 Å². The van der Waals surface area contributed by atoms with E-state index in [0.29, 0.717) is 25.2 Å². The van der Waals surface area contributed by atoms with Gasteiger partial charge in [0.1, 0.15) is 0 Å². The van der Waals surface area contributed by atoms with E-state index in [9.17, 15) is 9.59 Å². The van der Waals surface area contributed by atoms with Crippen molar-refractivity contribution >= 4 is 11.9 Å². The lowest BCUT2D eigenvalue weighted by Gasteiger charge is -2.10. The number of carbonyl (C=O) groups excluding carboxylic acids is 2. The second-order valence-corrected chi connectivity index (χ2v) is 4.37. The molecule has 0 saturated heterocycles. The predicted molar refractivity (Wildman–Crippen MR) is 76.7 cm³/mol. The lowest BCUT2D eigenvalue weighted by molar-refractivity contribution is -0.143. The van der Waals surface area contributed by atoms with Crippen molar-refractivity contribution in [1.82, 2.24) is 0 Å². The van der Waals surface area contributed by atoms with Gasteiger partial charge in [0.2, 0.25) is 0 Å². The predicted octanol–water partition coefficient (Wildman–Crippen LogP) is 2.92. The van der Waals surface area contributed by atoms with Crippen molar-refractivity contribution in [3.05, 3.63) is 34.9 Å². The van der Waals surface area contributed by atoms with E-state index in [1.54, 1.807) is 13.8 Å². The highest BCUT2D eigenvalue weighted by molar-refractivity contribution is 5.91. The molecule has 0 spiro atoms. The van der Waals surface area contributed by atoms with Gasteiger partial charge in [0.15, 0.2) is 0 Å².